The molecule has 0 aliphatic heterocycles. The van der Waals surface area contributed by atoms with Gasteiger partial charge in [0.15, 0.2) is 0 Å². The number of likely N-dealkylation sites (N-methyl/N-ethyl adjacent to an activating group) is 1. The van der Waals surface area contributed by atoms with Gasteiger partial charge in [0.1, 0.15) is 5.54 Å². The minimum atomic E-state index is -0.922. The molecule has 2 atom stereocenters. The standard InChI is InChI=1S/C14H25N3O2/c1-7-15-14(6,13(18)19)8-9(2)17-12(5)10(3)11(4)16-17/h9,15H,7-8H2,1-6H3,(H,18,19). The van der Waals surface area contributed by atoms with E-state index in [1.807, 2.05) is 39.3 Å². The molecule has 0 aliphatic carbocycles. The van der Waals surface area contributed by atoms with Crippen LogP contribution in [0.15, 0.2) is 0 Å². The Labute approximate surface area is 115 Å². The van der Waals surface area contributed by atoms with Crippen LogP contribution in [0, 0.1) is 20.8 Å². The predicted molar refractivity (Wildman–Crippen MR) is 75.5 cm³/mol. The van der Waals surface area contributed by atoms with Gasteiger partial charge in [-0.1, -0.05) is 6.92 Å². The Morgan fingerprint density at radius 2 is 2.05 bits per heavy atom. The molecule has 0 aromatic carbocycles. The number of aryl methyl sites for hydroxylation is 1. The lowest BCUT2D eigenvalue weighted by Crippen LogP contribution is -2.50. The molecule has 1 aromatic heterocycles. The van der Waals surface area contributed by atoms with E-state index in [1.165, 1.54) is 5.56 Å². The van der Waals surface area contributed by atoms with Crippen molar-refractivity contribution in [2.24, 2.45) is 0 Å². The van der Waals surface area contributed by atoms with Crippen LogP contribution in [-0.2, 0) is 4.79 Å². The fourth-order valence-corrected chi connectivity index (χ4v) is 2.48. The van der Waals surface area contributed by atoms with Crippen molar-refractivity contribution in [1.82, 2.24) is 15.1 Å². The Morgan fingerprint density at radius 3 is 2.42 bits per heavy atom. The van der Waals surface area contributed by atoms with Crippen molar-refractivity contribution < 1.29 is 9.90 Å². The zero-order chi connectivity index (χ0) is 14.8. The molecule has 0 radical (unpaired) electrons. The molecule has 5 heteroatoms. The fraction of sp³-hybridized carbons (Fsp3) is 0.714. The lowest BCUT2D eigenvalue weighted by Gasteiger charge is -2.29. The van der Waals surface area contributed by atoms with Crippen LogP contribution in [0.25, 0.3) is 0 Å². The molecule has 19 heavy (non-hydrogen) atoms. The molecular formula is C14H25N3O2. The van der Waals surface area contributed by atoms with Crippen LogP contribution < -0.4 is 5.32 Å². The molecule has 5 nitrogen and oxygen atoms in total. The van der Waals surface area contributed by atoms with Gasteiger partial charge in [0.2, 0.25) is 0 Å². The number of hydrogen-bond acceptors (Lipinski definition) is 3. The second-order valence-corrected chi connectivity index (χ2v) is 5.46. The van der Waals surface area contributed by atoms with Crippen molar-refractivity contribution in [3.8, 4) is 0 Å². The Bertz CT molecular complexity index is 468. The number of carboxylic acid groups (broad SMARTS) is 1. The van der Waals surface area contributed by atoms with E-state index < -0.39 is 11.5 Å². The summed E-state index contributed by atoms with van der Waals surface area (Å²) in [7, 11) is 0. The molecule has 2 N–H and O–H groups in total. The molecule has 1 heterocycles. The normalized spacial score (nSPS) is 16.1. The first kappa shape index (κ1) is 15.7. The van der Waals surface area contributed by atoms with Crippen molar-refractivity contribution in [3.05, 3.63) is 17.0 Å². The summed E-state index contributed by atoms with van der Waals surface area (Å²) in [4.78, 5) is 11.4. The third-order valence-electron chi connectivity index (χ3n) is 3.85. The monoisotopic (exact) mass is 267 g/mol. The van der Waals surface area contributed by atoms with E-state index in [-0.39, 0.29) is 6.04 Å². The Hall–Kier alpha value is -1.36. The highest BCUT2D eigenvalue weighted by atomic mass is 16.4. The number of aliphatic carboxylic acids is 1. The minimum Gasteiger partial charge on any atom is -0.480 e. The average Bonchev–Trinajstić information content (AvgIpc) is 2.57. The lowest BCUT2D eigenvalue weighted by atomic mass is 9.93. The van der Waals surface area contributed by atoms with Gasteiger partial charge >= 0.3 is 5.97 Å². The van der Waals surface area contributed by atoms with E-state index in [0.29, 0.717) is 13.0 Å². The second-order valence-electron chi connectivity index (χ2n) is 5.46. The van der Waals surface area contributed by atoms with Gasteiger partial charge in [-0.3, -0.25) is 9.48 Å². The van der Waals surface area contributed by atoms with Crippen molar-refractivity contribution in [2.45, 2.75) is 59.5 Å². The Balaban J connectivity index is 2.97. The highest BCUT2D eigenvalue weighted by Gasteiger charge is 2.34. The van der Waals surface area contributed by atoms with Crippen LogP contribution in [0.4, 0.5) is 0 Å². The first-order chi connectivity index (χ1) is 8.73. The van der Waals surface area contributed by atoms with E-state index in [0.717, 1.165) is 11.4 Å². The predicted octanol–water partition coefficient (Wildman–Crippen LogP) is 2.21. The summed E-state index contributed by atoms with van der Waals surface area (Å²) in [5.74, 6) is -0.820. The van der Waals surface area contributed by atoms with Gasteiger partial charge in [-0.05, 0) is 53.1 Å². The minimum absolute atomic E-state index is 0.0348. The maximum atomic E-state index is 11.4. The van der Waals surface area contributed by atoms with Gasteiger partial charge in [0.25, 0.3) is 0 Å². The summed E-state index contributed by atoms with van der Waals surface area (Å²) < 4.78 is 1.93. The largest absolute Gasteiger partial charge is 0.480 e. The van der Waals surface area contributed by atoms with E-state index in [4.69, 9.17) is 0 Å². The first-order valence-corrected chi connectivity index (χ1v) is 6.73. The molecule has 0 saturated heterocycles. The average molecular weight is 267 g/mol. The van der Waals surface area contributed by atoms with Crippen LogP contribution in [0.3, 0.4) is 0 Å². The van der Waals surface area contributed by atoms with Gasteiger partial charge in [-0.15, -0.1) is 0 Å². The van der Waals surface area contributed by atoms with Crippen molar-refractivity contribution in [2.75, 3.05) is 6.54 Å². The number of carbonyl (C=O) groups is 1. The van der Waals surface area contributed by atoms with Crippen LogP contribution in [0.1, 0.15) is 50.2 Å². The molecule has 0 fully saturated rings. The zero-order valence-corrected chi connectivity index (χ0v) is 12.7. The number of carboxylic acids is 1. The maximum Gasteiger partial charge on any atom is 0.323 e. The molecular weight excluding hydrogens is 242 g/mol. The number of rotatable bonds is 6. The third kappa shape index (κ3) is 3.15. The summed E-state index contributed by atoms with van der Waals surface area (Å²) >= 11 is 0. The van der Waals surface area contributed by atoms with E-state index >= 15 is 0 Å². The SMILES string of the molecule is CCNC(C)(CC(C)n1nc(C)c(C)c1C)C(=O)O. The van der Waals surface area contributed by atoms with Crippen LogP contribution in [0.2, 0.25) is 0 Å². The van der Waals surface area contributed by atoms with Gasteiger partial charge in [-0.25, -0.2) is 0 Å². The van der Waals surface area contributed by atoms with Crippen LogP contribution in [0.5, 0.6) is 0 Å². The van der Waals surface area contributed by atoms with Crippen LogP contribution in [-0.4, -0.2) is 32.9 Å². The smallest absolute Gasteiger partial charge is 0.323 e. The molecule has 0 amide bonds. The zero-order valence-electron chi connectivity index (χ0n) is 12.7. The number of nitrogens with zero attached hydrogens (tertiary/aromatic N) is 2. The summed E-state index contributed by atoms with van der Waals surface area (Å²) in [6.07, 6.45) is 0.498. The van der Waals surface area contributed by atoms with Gasteiger partial charge in [-0.2, -0.15) is 5.10 Å². The number of hydrogen-bond donors (Lipinski definition) is 2. The Morgan fingerprint density at radius 1 is 1.47 bits per heavy atom. The lowest BCUT2D eigenvalue weighted by molar-refractivity contribution is -0.144. The second kappa shape index (κ2) is 5.74. The molecule has 0 saturated carbocycles. The summed E-state index contributed by atoms with van der Waals surface area (Å²) in [5, 5.41) is 17.0. The van der Waals surface area contributed by atoms with E-state index in [1.54, 1.807) is 6.92 Å². The highest BCUT2D eigenvalue weighted by Crippen LogP contribution is 2.24. The fourth-order valence-electron chi connectivity index (χ4n) is 2.48. The van der Waals surface area contributed by atoms with Crippen molar-refractivity contribution in [1.29, 1.82) is 0 Å². The van der Waals surface area contributed by atoms with Crippen molar-refractivity contribution >= 4 is 5.97 Å². The molecule has 2 unspecified atom stereocenters. The van der Waals surface area contributed by atoms with E-state index in [9.17, 15) is 9.90 Å². The van der Waals surface area contributed by atoms with Gasteiger partial charge in [0, 0.05) is 5.69 Å². The topological polar surface area (TPSA) is 67.2 Å². The third-order valence-corrected chi connectivity index (χ3v) is 3.85. The molecule has 0 spiro atoms. The molecule has 1 aromatic rings. The van der Waals surface area contributed by atoms with Crippen molar-refractivity contribution in [3.63, 3.8) is 0 Å². The molecule has 108 valence electrons. The Kier molecular flexibility index (Phi) is 4.74. The van der Waals surface area contributed by atoms with Gasteiger partial charge in [0.05, 0.1) is 11.7 Å². The molecule has 0 bridgehead atoms. The maximum absolute atomic E-state index is 11.4. The number of aromatic nitrogens is 2. The molecule has 0 aliphatic rings. The van der Waals surface area contributed by atoms with Crippen LogP contribution >= 0.6 is 0 Å². The first-order valence-electron chi connectivity index (χ1n) is 6.73. The number of nitrogens with one attached hydrogen (secondary N) is 1. The quantitative estimate of drug-likeness (QED) is 0.829. The summed E-state index contributed by atoms with van der Waals surface area (Å²) in [5.41, 5.74) is 2.36. The van der Waals surface area contributed by atoms with E-state index in [2.05, 4.69) is 10.4 Å². The van der Waals surface area contributed by atoms with Gasteiger partial charge < -0.3 is 10.4 Å². The highest BCUT2D eigenvalue weighted by molar-refractivity contribution is 5.78. The summed E-state index contributed by atoms with van der Waals surface area (Å²) in [6.45, 7) is 12.3. The molecule has 1 rings (SSSR count). The summed E-state index contributed by atoms with van der Waals surface area (Å²) in [6, 6.07) is 0.0348.